The molecule has 190 valence electrons. The molecule has 0 saturated heterocycles. The average molecular weight is 589 g/mol. The monoisotopic (exact) mass is 587 g/mol. The molecule has 7 heteroatoms. The van der Waals surface area contributed by atoms with Gasteiger partial charge in [-0.1, -0.05) is 67.4 Å². The van der Waals surface area contributed by atoms with Crippen LogP contribution < -0.4 is 4.90 Å². The Hall–Kier alpha value is -2.28. The van der Waals surface area contributed by atoms with E-state index in [4.69, 9.17) is 16.3 Å². The van der Waals surface area contributed by atoms with Gasteiger partial charge in [0.05, 0.1) is 5.92 Å². The number of aryl methyl sites for hydroxylation is 1. The number of nitrogens with zero attached hydrogens (tertiary/aromatic N) is 1. The van der Waals surface area contributed by atoms with Crippen molar-refractivity contribution in [2.24, 2.45) is 5.92 Å². The number of rotatable bonds is 10. The molecule has 3 rings (SSSR count). The summed E-state index contributed by atoms with van der Waals surface area (Å²) in [4.78, 5) is 27.8. The molecule has 1 atom stereocenters. The highest BCUT2D eigenvalue weighted by molar-refractivity contribution is 9.10. The number of hydrogen-bond acceptors (Lipinski definition) is 4. The first-order valence-corrected chi connectivity index (χ1v) is 13.9. The van der Waals surface area contributed by atoms with Gasteiger partial charge in [-0.05, 0) is 78.1 Å². The van der Waals surface area contributed by atoms with Crippen LogP contribution in [0.3, 0.4) is 0 Å². The Morgan fingerprint density at radius 2 is 1.72 bits per heavy atom. The van der Waals surface area contributed by atoms with Gasteiger partial charge in [-0.15, -0.1) is 11.8 Å². The summed E-state index contributed by atoms with van der Waals surface area (Å²) in [5, 5.41) is 1.01. The molecule has 0 heterocycles. The van der Waals surface area contributed by atoms with E-state index in [0.717, 1.165) is 38.2 Å². The highest BCUT2D eigenvalue weighted by atomic mass is 79.9. The Labute approximate surface area is 231 Å². The van der Waals surface area contributed by atoms with Crippen LogP contribution in [0.15, 0.2) is 70.0 Å². The molecule has 3 aromatic carbocycles. The Morgan fingerprint density at radius 3 is 2.31 bits per heavy atom. The molecule has 0 aliphatic carbocycles. The van der Waals surface area contributed by atoms with E-state index in [9.17, 15) is 9.59 Å². The van der Waals surface area contributed by atoms with Gasteiger partial charge in [0.25, 0.3) is 0 Å². The van der Waals surface area contributed by atoms with Crippen LogP contribution >= 0.6 is 39.3 Å². The molecule has 0 aliphatic rings. The number of esters is 1. The standard InChI is InChI=1S/C29H31BrClNO3S/c1-18(2)28(26-11-10-25(15-27(26)31)36-19(3)4)29(34)35-16-21-12-20(5)13-24(14-21)32(17-33)23-8-6-22(30)7-9-23/h6-15,17-19,28H,16H2,1-5H3. The third-order valence-electron chi connectivity index (χ3n) is 5.59. The number of amides is 1. The van der Waals surface area contributed by atoms with E-state index in [-0.39, 0.29) is 18.5 Å². The van der Waals surface area contributed by atoms with Gasteiger partial charge in [-0.2, -0.15) is 0 Å². The maximum atomic E-state index is 13.2. The largest absolute Gasteiger partial charge is 0.460 e. The number of carbonyl (C=O) groups is 2. The molecule has 0 aliphatic heterocycles. The summed E-state index contributed by atoms with van der Waals surface area (Å²) >= 11 is 11.8. The second kappa shape index (κ2) is 12.8. The van der Waals surface area contributed by atoms with Crippen molar-refractivity contribution in [1.29, 1.82) is 0 Å². The minimum Gasteiger partial charge on any atom is -0.460 e. The summed E-state index contributed by atoms with van der Waals surface area (Å²) in [6.45, 7) is 10.3. The van der Waals surface area contributed by atoms with Gasteiger partial charge in [-0.3, -0.25) is 14.5 Å². The van der Waals surface area contributed by atoms with E-state index in [1.165, 1.54) is 0 Å². The minimum atomic E-state index is -0.478. The molecule has 4 nitrogen and oxygen atoms in total. The van der Waals surface area contributed by atoms with Crippen molar-refractivity contribution in [2.45, 2.75) is 57.3 Å². The summed E-state index contributed by atoms with van der Waals surface area (Å²) in [5.41, 5.74) is 4.00. The molecular weight excluding hydrogens is 558 g/mol. The maximum Gasteiger partial charge on any atom is 0.314 e. The normalized spacial score (nSPS) is 12.0. The van der Waals surface area contributed by atoms with Crippen molar-refractivity contribution in [2.75, 3.05) is 4.90 Å². The second-order valence-electron chi connectivity index (χ2n) is 9.31. The summed E-state index contributed by atoms with van der Waals surface area (Å²) in [7, 11) is 0. The van der Waals surface area contributed by atoms with Crippen LogP contribution in [0.1, 0.15) is 50.3 Å². The third-order valence-corrected chi connectivity index (χ3v) is 7.44. The maximum absolute atomic E-state index is 13.2. The van der Waals surface area contributed by atoms with Crippen molar-refractivity contribution in [3.05, 3.63) is 86.8 Å². The quantitative estimate of drug-likeness (QED) is 0.135. The lowest BCUT2D eigenvalue weighted by Crippen LogP contribution is -2.21. The number of benzene rings is 3. The highest BCUT2D eigenvalue weighted by Crippen LogP contribution is 2.35. The number of thioether (sulfide) groups is 1. The van der Waals surface area contributed by atoms with Crippen molar-refractivity contribution < 1.29 is 14.3 Å². The van der Waals surface area contributed by atoms with Crippen molar-refractivity contribution >= 4 is 63.0 Å². The highest BCUT2D eigenvalue weighted by Gasteiger charge is 2.28. The van der Waals surface area contributed by atoms with Crippen molar-refractivity contribution in [3.63, 3.8) is 0 Å². The molecule has 1 amide bonds. The Kier molecular flexibility index (Phi) is 10.1. The molecule has 3 aromatic rings. The van der Waals surface area contributed by atoms with E-state index in [1.54, 1.807) is 16.7 Å². The Balaban J connectivity index is 1.79. The minimum absolute atomic E-state index is 0.00892. The van der Waals surface area contributed by atoms with Crippen LogP contribution in [-0.4, -0.2) is 17.6 Å². The smallest absolute Gasteiger partial charge is 0.314 e. The summed E-state index contributed by atoms with van der Waals surface area (Å²) in [6.07, 6.45) is 0.784. The van der Waals surface area contributed by atoms with E-state index in [1.807, 2.05) is 81.4 Å². The zero-order valence-corrected chi connectivity index (χ0v) is 24.3. The third kappa shape index (κ3) is 7.37. The molecule has 0 spiro atoms. The predicted octanol–water partition coefficient (Wildman–Crippen LogP) is 8.69. The number of halogens is 2. The lowest BCUT2D eigenvalue weighted by molar-refractivity contribution is -0.148. The summed E-state index contributed by atoms with van der Waals surface area (Å²) in [6, 6.07) is 19.1. The average Bonchev–Trinajstić information content (AvgIpc) is 2.80. The van der Waals surface area contributed by atoms with Crippen molar-refractivity contribution in [1.82, 2.24) is 0 Å². The first-order chi connectivity index (χ1) is 17.1. The summed E-state index contributed by atoms with van der Waals surface area (Å²) < 4.78 is 6.72. The van der Waals surface area contributed by atoms with Gasteiger partial charge < -0.3 is 4.74 Å². The molecule has 0 saturated carbocycles. The van der Waals surface area contributed by atoms with Crippen molar-refractivity contribution in [3.8, 4) is 0 Å². The molecule has 0 fully saturated rings. The SMILES string of the molecule is Cc1cc(COC(=O)C(c2ccc(SC(C)C)cc2Cl)C(C)C)cc(N(C=O)c2ccc(Br)cc2)c1. The van der Waals surface area contributed by atoms with E-state index >= 15 is 0 Å². The van der Waals surface area contributed by atoms with Crippen LogP contribution in [0, 0.1) is 12.8 Å². The zero-order valence-electron chi connectivity index (χ0n) is 21.1. The van der Waals surface area contributed by atoms with Gasteiger partial charge >= 0.3 is 5.97 Å². The Morgan fingerprint density at radius 1 is 1.03 bits per heavy atom. The summed E-state index contributed by atoms with van der Waals surface area (Å²) in [5.74, 6) is -0.789. The lowest BCUT2D eigenvalue weighted by atomic mass is 9.88. The number of carbonyl (C=O) groups excluding carboxylic acids is 2. The van der Waals surface area contributed by atoms with Gasteiger partial charge in [0.15, 0.2) is 0 Å². The van der Waals surface area contributed by atoms with Crippen LogP contribution in [0.2, 0.25) is 5.02 Å². The fourth-order valence-corrected chi connectivity index (χ4v) is 5.55. The molecule has 0 aromatic heterocycles. The Bertz CT molecular complexity index is 1210. The molecule has 0 radical (unpaired) electrons. The van der Waals surface area contributed by atoms with Crippen LogP contribution in [0.5, 0.6) is 0 Å². The number of ether oxygens (including phenoxy) is 1. The van der Waals surface area contributed by atoms with E-state index < -0.39 is 5.92 Å². The van der Waals surface area contributed by atoms with Gasteiger partial charge in [0, 0.05) is 31.0 Å². The van der Waals surface area contributed by atoms with Gasteiger partial charge in [0.2, 0.25) is 6.41 Å². The first-order valence-electron chi connectivity index (χ1n) is 11.8. The number of anilines is 2. The first kappa shape index (κ1) is 28.3. The zero-order chi connectivity index (χ0) is 26.4. The van der Waals surface area contributed by atoms with Gasteiger partial charge in [-0.25, -0.2) is 0 Å². The van der Waals surface area contributed by atoms with E-state index in [0.29, 0.717) is 16.0 Å². The predicted molar refractivity (Wildman–Crippen MR) is 153 cm³/mol. The lowest BCUT2D eigenvalue weighted by Gasteiger charge is -2.22. The molecule has 1 unspecified atom stereocenters. The van der Waals surface area contributed by atoms with Crippen LogP contribution in [0.4, 0.5) is 11.4 Å². The van der Waals surface area contributed by atoms with E-state index in [2.05, 4.69) is 29.8 Å². The second-order valence-corrected chi connectivity index (χ2v) is 12.3. The molecule has 0 N–H and O–H groups in total. The fourth-order valence-electron chi connectivity index (χ4n) is 4.04. The van der Waals surface area contributed by atoms with Gasteiger partial charge in [0.1, 0.15) is 6.61 Å². The number of hydrogen-bond donors (Lipinski definition) is 0. The van der Waals surface area contributed by atoms with Crippen LogP contribution in [0.25, 0.3) is 0 Å². The molecular formula is C29H31BrClNO3S. The van der Waals surface area contributed by atoms with Crippen LogP contribution in [-0.2, 0) is 20.9 Å². The topological polar surface area (TPSA) is 46.6 Å². The molecule has 0 bridgehead atoms. The molecule has 36 heavy (non-hydrogen) atoms. The fraction of sp³-hybridized carbons (Fsp3) is 0.310.